The summed E-state index contributed by atoms with van der Waals surface area (Å²) < 4.78 is 0. The zero-order valence-electron chi connectivity index (χ0n) is 42.4. The van der Waals surface area contributed by atoms with E-state index in [-0.39, 0.29) is 21.7 Å². The zero-order valence-corrected chi connectivity index (χ0v) is 42.4. The van der Waals surface area contributed by atoms with Crippen LogP contribution in [0.3, 0.4) is 0 Å². The number of hydrogen-bond acceptors (Lipinski definition) is 2. The fourth-order valence-electron chi connectivity index (χ4n) is 13.5. The van der Waals surface area contributed by atoms with Gasteiger partial charge >= 0.3 is 0 Å². The van der Waals surface area contributed by atoms with Crippen molar-refractivity contribution in [3.8, 4) is 100 Å². The molecule has 14 rings (SSSR count). The Hall–Kier alpha value is -7.94. The van der Waals surface area contributed by atoms with Crippen molar-refractivity contribution < 1.29 is 0 Å². The number of aromatic nitrogens is 2. The van der Waals surface area contributed by atoms with Crippen LogP contribution in [0, 0.1) is 0 Å². The molecule has 1 aromatic heterocycles. The van der Waals surface area contributed by atoms with Crippen LogP contribution < -0.4 is 0 Å². The molecule has 0 bridgehead atoms. The number of fused-ring (bicyclic) bond motifs is 12. The van der Waals surface area contributed by atoms with Gasteiger partial charge in [-0.1, -0.05) is 189 Å². The van der Waals surface area contributed by atoms with E-state index in [1.165, 1.54) is 134 Å². The Morgan fingerprint density at radius 2 is 0.472 bits per heavy atom. The second-order valence-corrected chi connectivity index (χ2v) is 23.0. The Morgan fingerprint density at radius 3 is 0.833 bits per heavy atom. The van der Waals surface area contributed by atoms with E-state index in [9.17, 15) is 0 Å². The SMILES string of the molecule is CC1(C)c2cc(-c3ccc4c(c3)C(C)(C)c3cc(-c5ncccn5)ccc3-4)ccc2-c2ccc(-c3ccc4c(c3)C(C)(C)c3cc(-c5ccccc5-c5ccc6c(c5)C(C)(C)c5ccccc5-6)ccc3-4)cc21. The Morgan fingerprint density at radius 1 is 0.222 bits per heavy atom. The van der Waals surface area contributed by atoms with E-state index in [4.69, 9.17) is 0 Å². The lowest BCUT2D eigenvalue weighted by molar-refractivity contribution is 0.659. The van der Waals surface area contributed by atoms with Crippen LogP contribution in [0.5, 0.6) is 0 Å². The molecule has 1 heterocycles. The lowest BCUT2D eigenvalue weighted by Crippen LogP contribution is -2.16. The van der Waals surface area contributed by atoms with E-state index in [1.807, 2.05) is 18.5 Å². The van der Waals surface area contributed by atoms with Gasteiger partial charge in [0.1, 0.15) is 0 Å². The Labute approximate surface area is 424 Å². The maximum absolute atomic E-state index is 4.55. The van der Waals surface area contributed by atoms with Crippen molar-refractivity contribution in [2.24, 2.45) is 0 Å². The quantitative estimate of drug-likeness (QED) is 0.172. The highest BCUT2D eigenvalue weighted by atomic mass is 14.8. The summed E-state index contributed by atoms with van der Waals surface area (Å²) in [6.45, 7) is 19.1. The number of benzene rings is 9. The minimum atomic E-state index is -0.173. The molecule has 72 heavy (non-hydrogen) atoms. The Bertz CT molecular complexity index is 3970. The lowest BCUT2D eigenvalue weighted by atomic mass is 9.79. The van der Waals surface area contributed by atoms with E-state index < -0.39 is 0 Å². The largest absolute Gasteiger partial charge is 0.237 e. The first-order valence-electron chi connectivity index (χ1n) is 25.7. The smallest absolute Gasteiger partial charge is 0.159 e. The van der Waals surface area contributed by atoms with E-state index in [1.54, 1.807) is 0 Å². The fourth-order valence-corrected chi connectivity index (χ4v) is 13.5. The van der Waals surface area contributed by atoms with Gasteiger partial charge in [0.25, 0.3) is 0 Å². The van der Waals surface area contributed by atoms with Gasteiger partial charge in [0, 0.05) is 39.6 Å². The van der Waals surface area contributed by atoms with Crippen LogP contribution >= 0.6 is 0 Å². The molecular formula is C70H56N2. The summed E-state index contributed by atoms with van der Waals surface area (Å²) in [7, 11) is 0. The topological polar surface area (TPSA) is 25.8 Å². The molecule has 0 spiro atoms. The molecule has 0 amide bonds. The normalized spacial score (nSPS) is 15.9. The molecule has 0 saturated heterocycles. The minimum absolute atomic E-state index is 0.0485. The summed E-state index contributed by atoms with van der Waals surface area (Å²) in [5.74, 6) is 0.763. The van der Waals surface area contributed by atoms with E-state index >= 15 is 0 Å². The van der Waals surface area contributed by atoms with Crippen LogP contribution in [0.1, 0.15) is 99.9 Å². The summed E-state index contributed by atoms with van der Waals surface area (Å²) in [5, 5.41) is 0. The average molecular weight is 925 g/mol. The van der Waals surface area contributed by atoms with Crippen molar-refractivity contribution in [3.05, 3.63) is 239 Å². The molecule has 10 aromatic rings. The van der Waals surface area contributed by atoms with E-state index in [0.29, 0.717) is 0 Å². The molecule has 0 atom stereocenters. The van der Waals surface area contributed by atoms with E-state index in [2.05, 4.69) is 241 Å². The maximum atomic E-state index is 4.55. The van der Waals surface area contributed by atoms with Crippen LogP contribution in [0.2, 0.25) is 0 Å². The summed E-state index contributed by atoms with van der Waals surface area (Å²) in [6, 6.07) is 69.4. The van der Waals surface area contributed by atoms with Crippen molar-refractivity contribution in [1.82, 2.24) is 9.97 Å². The predicted molar refractivity (Wildman–Crippen MR) is 299 cm³/mol. The predicted octanol–water partition coefficient (Wildman–Crippen LogP) is 18.0. The summed E-state index contributed by atoms with van der Waals surface area (Å²) in [5.41, 5.74) is 32.3. The van der Waals surface area contributed by atoms with Gasteiger partial charge < -0.3 is 0 Å². The van der Waals surface area contributed by atoms with Crippen molar-refractivity contribution >= 4 is 0 Å². The molecule has 0 saturated carbocycles. The Balaban J connectivity index is 0.759. The van der Waals surface area contributed by atoms with Crippen LogP contribution in [0.25, 0.3) is 100 Å². The lowest BCUT2D eigenvalue weighted by Gasteiger charge is -2.24. The highest BCUT2D eigenvalue weighted by molar-refractivity contribution is 5.93. The van der Waals surface area contributed by atoms with Crippen LogP contribution in [0.15, 0.2) is 194 Å². The van der Waals surface area contributed by atoms with Crippen LogP contribution in [0.4, 0.5) is 0 Å². The highest BCUT2D eigenvalue weighted by Crippen LogP contribution is 2.56. The Kier molecular flexibility index (Phi) is 8.82. The number of hydrogen-bond donors (Lipinski definition) is 0. The standard InChI is InChI=1S/C70H56N2/c1-67(2)58-17-12-11-16-50(58)51-29-22-45(38-63(51)67)48-14-9-10-15-49(48)46-23-30-56-54-27-20-43(36-61(54)69(5,6)64(56)39-46)41-18-25-52-53-26-19-42(35-60(53)68(3,4)59(52)34-41)44-21-28-55-57-31-24-47(66-71-32-13-33-72-66)40-65(57)70(7,8)62(55)37-44/h9-40H,1-8H3. The zero-order chi connectivity index (χ0) is 49.1. The van der Waals surface area contributed by atoms with E-state index in [0.717, 1.165) is 11.4 Å². The first-order valence-corrected chi connectivity index (χ1v) is 25.7. The van der Waals surface area contributed by atoms with Crippen molar-refractivity contribution in [2.45, 2.75) is 77.0 Å². The third-order valence-corrected chi connectivity index (χ3v) is 17.7. The molecule has 0 N–H and O–H groups in total. The highest BCUT2D eigenvalue weighted by Gasteiger charge is 2.40. The molecule has 0 unspecified atom stereocenters. The van der Waals surface area contributed by atoms with Crippen molar-refractivity contribution in [3.63, 3.8) is 0 Å². The number of rotatable bonds is 5. The molecule has 0 radical (unpaired) electrons. The van der Waals surface area contributed by atoms with Gasteiger partial charge in [-0.25, -0.2) is 9.97 Å². The summed E-state index contributed by atoms with van der Waals surface area (Å²) in [6.07, 6.45) is 3.63. The summed E-state index contributed by atoms with van der Waals surface area (Å²) >= 11 is 0. The first kappa shape index (κ1) is 42.9. The van der Waals surface area contributed by atoms with Gasteiger partial charge in [-0.05, 0) is 182 Å². The second kappa shape index (κ2) is 14.8. The average Bonchev–Trinajstić information content (AvgIpc) is 3.97. The van der Waals surface area contributed by atoms with Crippen LogP contribution in [-0.2, 0) is 21.7 Å². The molecule has 0 fully saturated rings. The van der Waals surface area contributed by atoms with Gasteiger partial charge in [0.05, 0.1) is 0 Å². The monoisotopic (exact) mass is 924 g/mol. The molecule has 4 aliphatic carbocycles. The molecule has 2 heteroatoms. The van der Waals surface area contributed by atoms with Crippen molar-refractivity contribution in [1.29, 1.82) is 0 Å². The fraction of sp³-hybridized carbons (Fsp3) is 0.171. The third-order valence-electron chi connectivity index (χ3n) is 17.7. The molecular weight excluding hydrogens is 869 g/mol. The van der Waals surface area contributed by atoms with Crippen molar-refractivity contribution in [2.75, 3.05) is 0 Å². The third kappa shape index (κ3) is 5.96. The molecule has 346 valence electrons. The van der Waals surface area contributed by atoms with Gasteiger partial charge in [0.15, 0.2) is 5.82 Å². The first-order chi connectivity index (χ1) is 34.7. The van der Waals surface area contributed by atoms with Gasteiger partial charge in [-0.15, -0.1) is 0 Å². The maximum Gasteiger partial charge on any atom is 0.159 e. The number of nitrogens with zero attached hydrogens (tertiary/aromatic N) is 2. The second-order valence-electron chi connectivity index (χ2n) is 23.0. The minimum Gasteiger partial charge on any atom is -0.237 e. The van der Waals surface area contributed by atoms with Gasteiger partial charge in [-0.2, -0.15) is 0 Å². The molecule has 9 aromatic carbocycles. The molecule has 2 nitrogen and oxygen atoms in total. The summed E-state index contributed by atoms with van der Waals surface area (Å²) in [4.78, 5) is 9.09. The van der Waals surface area contributed by atoms with Gasteiger partial charge in [0.2, 0.25) is 0 Å². The molecule has 4 aliphatic rings. The molecule has 0 aliphatic heterocycles. The van der Waals surface area contributed by atoms with Crippen LogP contribution in [-0.4, -0.2) is 9.97 Å². The van der Waals surface area contributed by atoms with Gasteiger partial charge in [-0.3, -0.25) is 0 Å².